The number of nitriles is 1. The van der Waals surface area contributed by atoms with Gasteiger partial charge in [-0.05, 0) is 54.5 Å². The Kier molecular flexibility index (Phi) is 6.29. The maximum absolute atomic E-state index is 11.7. The number of nitrogens with zero attached hydrogens (tertiary/aromatic N) is 5. The highest BCUT2D eigenvalue weighted by molar-refractivity contribution is 6.10. The van der Waals surface area contributed by atoms with Gasteiger partial charge >= 0.3 is 6.01 Å². The van der Waals surface area contributed by atoms with Crippen LogP contribution in [0.2, 0.25) is 0 Å². The Morgan fingerprint density at radius 2 is 1.82 bits per heavy atom. The Bertz CT molecular complexity index is 1730. The van der Waals surface area contributed by atoms with Crippen LogP contribution < -0.4 is 15.8 Å². The second kappa shape index (κ2) is 9.87. The van der Waals surface area contributed by atoms with Crippen LogP contribution in [0.15, 0.2) is 79.6 Å². The molecule has 186 valence electrons. The average Bonchev–Trinajstić information content (AvgIpc) is 3.23. The third-order valence-electron chi connectivity index (χ3n) is 6.09. The van der Waals surface area contributed by atoms with E-state index in [1.807, 2.05) is 67.1 Å². The van der Waals surface area contributed by atoms with Crippen molar-refractivity contribution in [1.29, 1.82) is 5.26 Å². The molecule has 0 fully saturated rings. The van der Waals surface area contributed by atoms with Gasteiger partial charge in [-0.1, -0.05) is 30.8 Å². The number of ether oxygens (including phenoxy) is 1. The number of nitrogen functional groups attached to an aromatic ring is 1. The maximum Gasteiger partial charge on any atom is 0.322 e. The van der Waals surface area contributed by atoms with Gasteiger partial charge < -0.3 is 20.4 Å². The van der Waals surface area contributed by atoms with Crippen LogP contribution in [0.4, 0.5) is 11.5 Å². The number of nitrogens with one attached hydrogen (secondary N) is 1. The largest absolute Gasteiger partial charge is 0.424 e. The van der Waals surface area contributed by atoms with E-state index in [0.29, 0.717) is 33.7 Å². The fourth-order valence-corrected chi connectivity index (χ4v) is 4.38. The van der Waals surface area contributed by atoms with Gasteiger partial charge in [0.15, 0.2) is 0 Å². The number of hydrogen-bond donors (Lipinski definition) is 2. The molecule has 0 atom stereocenters. The van der Waals surface area contributed by atoms with E-state index < -0.39 is 0 Å². The summed E-state index contributed by atoms with van der Waals surface area (Å²) < 4.78 is 7.77. The lowest BCUT2D eigenvalue weighted by Gasteiger charge is -2.11. The first-order chi connectivity index (χ1) is 18.4. The summed E-state index contributed by atoms with van der Waals surface area (Å²) in [5.74, 6) is 0.602. The summed E-state index contributed by atoms with van der Waals surface area (Å²) >= 11 is 0. The molecule has 0 aliphatic rings. The number of fused-ring (bicyclic) bond motifs is 1. The van der Waals surface area contributed by atoms with Crippen molar-refractivity contribution in [2.24, 2.45) is 7.05 Å². The molecule has 9 heteroatoms. The fourth-order valence-electron chi connectivity index (χ4n) is 4.38. The van der Waals surface area contributed by atoms with E-state index in [4.69, 9.17) is 10.5 Å². The highest BCUT2D eigenvalue weighted by Gasteiger charge is 2.23. The first kappa shape index (κ1) is 24.2. The zero-order chi connectivity index (χ0) is 26.8. The number of aryl methyl sites for hydroxylation is 2. The van der Waals surface area contributed by atoms with Gasteiger partial charge in [-0.15, -0.1) is 0 Å². The number of rotatable bonds is 6. The smallest absolute Gasteiger partial charge is 0.322 e. The third-order valence-corrected chi connectivity index (χ3v) is 6.09. The predicted molar refractivity (Wildman–Crippen MR) is 146 cm³/mol. The number of aromatic nitrogens is 4. The van der Waals surface area contributed by atoms with Crippen LogP contribution in [0.25, 0.3) is 33.3 Å². The Morgan fingerprint density at radius 3 is 2.47 bits per heavy atom. The maximum atomic E-state index is 11.7. The number of pyridine rings is 1. The molecule has 0 saturated carbocycles. The van der Waals surface area contributed by atoms with Crippen LogP contribution in [0.3, 0.4) is 0 Å². The molecule has 0 saturated heterocycles. The standard InChI is InChI=1S/C29H23N7O2/c1-4-23(37)35-21-9-5-19(6-10-21)26-24(25-27(36(26)3)20(15-30)16-33-28(25)31)18-7-11-22(12-8-18)38-29-32-14-13-17(2)34-29/h4-14,16H,1H2,2-3H3,(H2,31,33)(H,35,37). The van der Waals surface area contributed by atoms with Gasteiger partial charge in [-0.2, -0.15) is 5.26 Å². The lowest BCUT2D eigenvalue weighted by Crippen LogP contribution is -2.06. The van der Waals surface area contributed by atoms with E-state index in [1.54, 1.807) is 12.3 Å². The quantitative estimate of drug-likeness (QED) is 0.299. The molecule has 0 unspecified atom stereocenters. The van der Waals surface area contributed by atoms with E-state index >= 15 is 0 Å². The molecule has 3 aromatic heterocycles. The molecular formula is C29H23N7O2. The minimum atomic E-state index is -0.293. The lowest BCUT2D eigenvalue weighted by atomic mass is 9.98. The van der Waals surface area contributed by atoms with Crippen molar-refractivity contribution < 1.29 is 9.53 Å². The van der Waals surface area contributed by atoms with E-state index in [1.165, 1.54) is 12.3 Å². The monoisotopic (exact) mass is 501 g/mol. The molecule has 3 heterocycles. The summed E-state index contributed by atoms with van der Waals surface area (Å²) in [7, 11) is 1.89. The lowest BCUT2D eigenvalue weighted by molar-refractivity contribution is -0.111. The zero-order valence-corrected chi connectivity index (χ0v) is 20.8. The molecule has 0 radical (unpaired) electrons. The predicted octanol–water partition coefficient (Wildman–Crippen LogP) is 5.38. The fraction of sp³-hybridized carbons (Fsp3) is 0.0690. The average molecular weight is 502 g/mol. The summed E-state index contributed by atoms with van der Waals surface area (Å²) in [6.45, 7) is 5.35. The Morgan fingerprint density at radius 1 is 1.11 bits per heavy atom. The van der Waals surface area contributed by atoms with Gasteiger partial charge in [0.2, 0.25) is 5.91 Å². The molecule has 38 heavy (non-hydrogen) atoms. The molecule has 2 aromatic carbocycles. The number of hydrogen-bond acceptors (Lipinski definition) is 7. The molecule has 0 spiro atoms. The van der Waals surface area contributed by atoms with E-state index in [0.717, 1.165) is 28.1 Å². The van der Waals surface area contributed by atoms with Gasteiger partial charge in [-0.25, -0.2) is 15.0 Å². The molecule has 3 N–H and O–H groups in total. The van der Waals surface area contributed by atoms with Crippen LogP contribution in [-0.4, -0.2) is 25.4 Å². The van der Waals surface area contributed by atoms with Crippen molar-refractivity contribution >= 4 is 28.3 Å². The highest BCUT2D eigenvalue weighted by Crippen LogP contribution is 2.43. The van der Waals surface area contributed by atoms with E-state index in [-0.39, 0.29) is 11.9 Å². The van der Waals surface area contributed by atoms with Crippen molar-refractivity contribution in [3.63, 3.8) is 0 Å². The number of amides is 1. The van der Waals surface area contributed by atoms with E-state index in [2.05, 4.69) is 32.9 Å². The number of benzene rings is 2. The minimum Gasteiger partial charge on any atom is -0.424 e. The summed E-state index contributed by atoms with van der Waals surface area (Å²) in [5.41, 5.74) is 12.3. The van der Waals surface area contributed by atoms with Crippen LogP contribution in [-0.2, 0) is 11.8 Å². The van der Waals surface area contributed by atoms with E-state index in [9.17, 15) is 10.1 Å². The molecule has 0 bridgehead atoms. The van der Waals surface area contributed by atoms with Gasteiger partial charge in [-0.3, -0.25) is 4.79 Å². The summed E-state index contributed by atoms with van der Waals surface area (Å²) in [4.78, 5) is 24.4. The third kappa shape index (κ3) is 4.42. The zero-order valence-electron chi connectivity index (χ0n) is 20.8. The molecule has 5 aromatic rings. The summed E-state index contributed by atoms with van der Waals surface area (Å²) in [6.07, 6.45) is 4.34. The molecule has 9 nitrogen and oxygen atoms in total. The minimum absolute atomic E-state index is 0.263. The van der Waals surface area contributed by atoms with Crippen LogP contribution in [0.5, 0.6) is 11.8 Å². The van der Waals surface area contributed by atoms with Crippen molar-refractivity contribution in [2.45, 2.75) is 6.92 Å². The first-order valence-corrected chi connectivity index (χ1v) is 11.7. The number of carbonyl (C=O) groups is 1. The molecule has 1 amide bonds. The second-order valence-corrected chi connectivity index (χ2v) is 8.55. The molecule has 0 aliphatic heterocycles. The summed E-state index contributed by atoms with van der Waals surface area (Å²) in [5, 5.41) is 13.2. The van der Waals surface area contributed by atoms with Crippen molar-refractivity contribution in [3.05, 3.63) is 90.9 Å². The molecular weight excluding hydrogens is 478 g/mol. The normalized spacial score (nSPS) is 10.7. The number of nitrogens with two attached hydrogens (primary N) is 1. The highest BCUT2D eigenvalue weighted by atomic mass is 16.5. The number of anilines is 2. The van der Waals surface area contributed by atoms with Crippen LogP contribution in [0, 0.1) is 18.3 Å². The van der Waals surface area contributed by atoms with Crippen LogP contribution >= 0.6 is 0 Å². The number of carbonyl (C=O) groups excluding carboxylic acids is 1. The second-order valence-electron chi connectivity index (χ2n) is 8.55. The summed E-state index contributed by atoms with van der Waals surface area (Å²) in [6, 6.07) is 19.2. The van der Waals surface area contributed by atoms with Gasteiger partial charge in [0.05, 0.1) is 22.2 Å². The Labute approximate surface area is 218 Å². The Balaban J connectivity index is 1.65. The molecule has 0 aliphatic carbocycles. The first-order valence-electron chi connectivity index (χ1n) is 11.7. The van der Waals surface area contributed by atoms with Crippen molar-refractivity contribution in [3.8, 4) is 40.2 Å². The van der Waals surface area contributed by atoms with Crippen LogP contribution in [0.1, 0.15) is 11.3 Å². The van der Waals surface area contributed by atoms with Gasteiger partial charge in [0.1, 0.15) is 17.6 Å². The van der Waals surface area contributed by atoms with Gasteiger partial charge in [0.25, 0.3) is 0 Å². The SMILES string of the molecule is C=CC(=O)Nc1ccc(-c2c(-c3ccc(Oc4nccc(C)n4)cc3)c3c(N)ncc(C#N)c3n2C)cc1. The molecule has 5 rings (SSSR count). The van der Waals surface area contributed by atoms with Gasteiger partial charge in [0, 0.05) is 36.4 Å². The van der Waals surface area contributed by atoms with Crippen molar-refractivity contribution in [1.82, 2.24) is 19.5 Å². The van der Waals surface area contributed by atoms with Crippen molar-refractivity contribution in [2.75, 3.05) is 11.1 Å². The Hall–Kier alpha value is -5.49. The topological polar surface area (TPSA) is 132 Å².